The number of aliphatic hydroxyl groups is 1. The number of aromatic nitrogens is 1. The Labute approximate surface area is 224 Å². The van der Waals surface area contributed by atoms with Crippen LogP contribution < -0.4 is 10.1 Å². The van der Waals surface area contributed by atoms with Gasteiger partial charge in [0, 0.05) is 42.0 Å². The zero-order valence-electron chi connectivity index (χ0n) is 21.2. The topological polar surface area (TPSA) is 124 Å². The Kier molecular flexibility index (Phi) is 6.00. The smallest absolute Gasteiger partial charge is 0.261 e. The van der Waals surface area contributed by atoms with Gasteiger partial charge in [0.2, 0.25) is 6.41 Å². The average molecular weight is 523 g/mol. The third-order valence-corrected chi connectivity index (χ3v) is 7.50. The Morgan fingerprint density at radius 3 is 2.49 bits per heavy atom. The van der Waals surface area contributed by atoms with Crippen LogP contribution in [-0.4, -0.2) is 59.1 Å². The van der Waals surface area contributed by atoms with Gasteiger partial charge in [-0.1, -0.05) is 30.3 Å². The molecule has 6 rings (SSSR count). The molecule has 0 unspecified atom stereocenters. The number of aromatic amines is 1. The number of aliphatic imine (C=N–C) groups is 1. The van der Waals surface area contributed by atoms with Gasteiger partial charge in [-0.3, -0.25) is 19.3 Å². The summed E-state index contributed by atoms with van der Waals surface area (Å²) in [4.78, 5) is 46.5. The number of methoxy groups -OCH3 is 1. The van der Waals surface area contributed by atoms with E-state index >= 15 is 0 Å². The molecule has 3 heterocycles. The quantitative estimate of drug-likeness (QED) is 0.176. The highest BCUT2D eigenvalue weighted by atomic mass is 16.5. The summed E-state index contributed by atoms with van der Waals surface area (Å²) in [7, 11) is 1.59. The maximum atomic E-state index is 13.0. The number of hydrogen-bond donors (Lipinski definition) is 3. The molecule has 1 atom stereocenters. The van der Waals surface area contributed by atoms with Crippen LogP contribution in [0.15, 0.2) is 71.7 Å². The number of carbonyl (C=O) groups excluding carboxylic acids is 3. The summed E-state index contributed by atoms with van der Waals surface area (Å²) in [5.74, 6) is -0.0741. The van der Waals surface area contributed by atoms with E-state index in [1.165, 1.54) is 4.90 Å². The SMILES string of the molecule is COc1ccc2c(CCNC=O)c(C3=Nc4ccccc4[C@@]3(O)CCN3C(=O)c4ccccc4C3=O)[nH]c2c1. The van der Waals surface area contributed by atoms with E-state index in [-0.39, 0.29) is 24.8 Å². The lowest BCUT2D eigenvalue weighted by Crippen LogP contribution is -2.40. The van der Waals surface area contributed by atoms with E-state index in [1.54, 1.807) is 31.4 Å². The fraction of sp³-hybridized carbons (Fsp3) is 0.200. The number of ether oxygens (including phenoxy) is 1. The molecule has 0 aliphatic carbocycles. The van der Waals surface area contributed by atoms with Gasteiger partial charge in [-0.2, -0.15) is 0 Å². The number of imide groups is 1. The number of benzene rings is 3. The van der Waals surface area contributed by atoms with Crippen molar-refractivity contribution in [2.45, 2.75) is 18.4 Å². The summed E-state index contributed by atoms with van der Waals surface area (Å²) >= 11 is 0. The molecule has 9 heteroatoms. The van der Waals surface area contributed by atoms with Gasteiger partial charge in [0.15, 0.2) is 0 Å². The van der Waals surface area contributed by atoms with Crippen LogP contribution >= 0.6 is 0 Å². The lowest BCUT2D eigenvalue weighted by Gasteiger charge is -2.28. The van der Waals surface area contributed by atoms with Gasteiger partial charge in [0.1, 0.15) is 17.1 Å². The van der Waals surface area contributed by atoms with Crippen molar-refractivity contribution < 1.29 is 24.2 Å². The predicted octanol–water partition coefficient (Wildman–Crippen LogP) is 3.47. The molecule has 3 N–H and O–H groups in total. The van der Waals surface area contributed by atoms with Gasteiger partial charge in [-0.15, -0.1) is 0 Å². The fourth-order valence-corrected chi connectivity index (χ4v) is 5.57. The number of fused-ring (bicyclic) bond motifs is 3. The highest BCUT2D eigenvalue weighted by Gasteiger charge is 2.45. The molecule has 0 saturated heterocycles. The van der Waals surface area contributed by atoms with Crippen molar-refractivity contribution in [3.05, 3.63) is 94.7 Å². The highest BCUT2D eigenvalue weighted by Crippen LogP contribution is 2.44. The first-order valence-electron chi connectivity index (χ1n) is 12.7. The molecular formula is C30H26N4O5. The second kappa shape index (κ2) is 9.52. The van der Waals surface area contributed by atoms with Crippen molar-refractivity contribution in [3.63, 3.8) is 0 Å². The minimum Gasteiger partial charge on any atom is -0.497 e. The van der Waals surface area contributed by atoms with Gasteiger partial charge in [0.05, 0.1) is 29.6 Å². The molecule has 0 spiro atoms. The van der Waals surface area contributed by atoms with E-state index in [2.05, 4.69) is 10.3 Å². The van der Waals surface area contributed by atoms with Gasteiger partial charge in [-0.25, -0.2) is 4.99 Å². The minimum atomic E-state index is -1.58. The van der Waals surface area contributed by atoms with Gasteiger partial charge < -0.3 is 20.1 Å². The second-order valence-corrected chi connectivity index (χ2v) is 9.61. The predicted molar refractivity (Wildman–Crippen MR) is 146 cm³/mol. The largest absolute Gasteiger partial charge is 0.497 e. The van der Waals surface area contributed by atoms with E-state index in [9.17, 15) is 19.5 Å². The zero-order valence-corrected chi connectivity index (χ0v) is 21.2. The van der Waals surface area contributed by atoms with Crippen LogP contribution in [0.3, 0.4) is 0 Å². The van der Waals surface area contributed by atoms with Crippen molar-refractivity contribution in [3.8, 4) is 5.75 Å². The molecule has 0 radical (unpaired) electrons. The summed E-state index contributed by atoms with van der Waals surface area (Å²) in [6.45, 7) is 0.398. The average Bonchev–Trinajstić information content (AvgIpc) is 3.55. The van der Waals surface area contributed by atoms with E-state index in [1.807, 2.05) is 42.5 Å². The third-order valence-electron chi connectivity index (χ3n) is 7.50. The van der Waals surface area contributed by atoms with Crippen LogP contribution in [0.5, 0.6) is 5.75 Å². The minimum absolute atomic E-state index is 0.00623. The monoisotopic (exact) mass is 522 g/mol. The Balaban J connectivity index is 1.41. The lowest BCUT2D eigenvalue weighted by atomic mass is 9.84. The molecule has 39 heavy (non-hydrogen) atoms. The molecule has 9 nitrogen and oxygen atoms in total. The van der Waals surface area contributed by atoms with Crippen molar-refractivity contribution in [1.29, 1.82) is 0 Å². The number of carbonyl (C=O) groups is 3. The first-order valence-corrected chi connectivity index (χ1v) is 12.7. The van der Waals surface area contributed by atoms with E-state index < -0.39 is 5.60 Å². The van der Waals surface area contributed by atoms with Crippen LogP contribution in [0.4, 0.5) is 5.69 Å². The van der Waals surface area contributed by atoms with Gasteiger partial charge in [-0.05, 0) is 42.3 Å². The number of para-hydroxylation sites is 1. The van der Waals surface area contributed by atoms with E-state index in [0.29, 0.717) is 58.9 Å². The van der Waals surface area contributed by atoms with Gasteiger partial charge in [0.25, 0.3) is 11.8 Å². The van der Waals surface area contributed by atoms with E-state index in [0.717, 1.165) is 16.5 Å². The zero-order chi connectivity index (χ0) is 27.1. The molecule has 0 fully saturated rings. The molecule has 0 saturated carbocycles. The van der Waals surface area contributed by atoms with Gasteiger partial charge >= 0.3 is 0 Å². The first-order chi connectivity index (χ1) is 19.0. The summed E-state index contributed by atoms with van der Waals surface area (Å²) in [5.41, 5.74) is 3.08. The van der Waals surface area contributed by atoms with E-state index in [4.69, 9.17) is 9.73 Å². The summed E-state index contributed by atoms with van der Waals surface area (Å²) in [6.07, 6.45) is 1.20. The summed E-state index contributed by atoms with van der Waals surface area (Å²) in [6, 6.07) is 19.7. The third kappa shape index (κ3) is 3.90. The van der Waals surface area contributed by atoms with Crippen molar-refractivity contribution in [1.82, 2.24) is 15.2 Å². The molecule has 4 aromatic rings. The maximum absolute atomic E-state index is 13.0. The van der Waals surface area contributed by atoms with Crippen LogP contribution in [0.2, 0.25) is 0 Å². The molecule has 3 amide bonds. The lowest BCUT2D eigenvalue weighted by molar-refractivity contribution is -0.109. The molecule has 3 aromatic carbocycles. The summed E-state index contributed by atoms with van der Waals surface area (Å²) in [5, 5.41) is 16.0. The second-order valence-electron chi connectivity index (χ2n) is 9.61. The van der Waals surface area contributed by atoms with Crippen LogP contribution in [-0.2, 0) is 16.8 Å². The fourth-order valence-electron chi connectivity index (χ4n) is 5.57. The van der Waals surface area contributed by atoms with Crippen LogP contribution in [0, 0.1) is 0 Å². The molecular weight excluding hydrogens is 496 g/mol. The number of amides is 3. The molecule has 1 aromatic heterocycles. The number of H-pyrrole nitrogens is 1. The molecule has 2 aliphatic heterocycles. The molecule has 196 valence electrons. The Bertz CT molecular complexity index is 1640. The highest BCUT2D eigenvalue weighted by molar-refractivity contribution is 6.21. The number of hydrogen-bond acceptors (Lipinski definition) is 6. The number of nitrogens with one attached hydrogen (secondary N) is 2. The first kappa shape index (κ1) is 24.6. The van der Waals surface area contributed by atoms with Crippen LogP contribution in [0.25, 0.3) is 10.9 Å². The Morgan fingerprint density at radius 1 is 1.05 bits per heavy atom. The molecule has 0 bridgehead atoms. The Hall–Kier alpha value is -4.76. The maximum Gasteiger partial charge on any atom is 0.261 e. The Morgan fingerprint density at radius 2 is 1.77 bits per heavy atom. The number of rotatable bonds is 9. The van der Waals surface area contributed by atoms with Crippen molar-refractivity contribution in [2.24, 2.45) is 4.99 Å². The molecule has 2 aliphatic rings. The normalized spacial score (nSPS) is 17.8. The summed E-state index contributed by atoms with van der Waals surface area (Å²) < 4.78 is 5.40. The van der Waals surface area contributed by atoms with Crippen molar-refractivity contribution >= 4 is 40.5 Å². The standard InChI is InChI=1S/C30H26N4O5/c1-39-18-10-11-19-20(12-14-31-17-35)26(32-25(19)16-18)27-30(38,23-8-4-5-9-24(23)33-27)13-15-34-28(36)21-6-2-3-7-22(21)29(34)37/h2-11,16-17,32,38H,12-15H2,1H3,(H,31,35)/t30-/m0/s1. The van der Waals surface area contributed by atoms with Crippen LogP contribution in [0.1, 0.15) is 44.0 Å². The van der Waals surface area contributed by atoms with Crippen molar-refractivity contribution in [2.75, 3.05) is 20.2 Å². The number of nitrogens with zero attached hydrogens (tertiary/aromatic N) is 2.